The molecule has 1 aromatic carbocycles. The standard InChI is InChI=1S/C11H13NO2/c1-8-4-5-9(7-13)6-10(8)11(14)12(2)3/h4-7H,1-3H3. The molecule has 1 rings (SSSR count). The molecule has 0 bridgehead atoms. The highest BCUT2D eigenvalue weighted by Gasteiger charge is 2.11. The molecule has 3 heteroatoms. The molecule has 0 aliphatic carbocycles. The summed E-state index contributed by atoms with van der Waals surface area (Å²) >= 11 is 0. The Morgan fingerprint density at radius 1 is 1.36 bits per heavy atom. The Hall–Kier alpha value is -1.64. The van der Waals surface area contributed by atoms with Gasteiger partial charge in [-0.1, -0.05) is 12.1 Å². The van der Waals surface area contributed by atoms with Crippen molar-refractivity contribution < 1.29 is 9.59 Å². The largest absolute Gasteiger partial charge is 0.345 e. The fourth-order valence-corrected chi connectivity index (χ4v) is 1.18. The van der Waals surface area contributed by atoms with Crippen molar-refractivity contribution in [3.05, 3.63) is 34.9 Å². The van der Waals surface area contributed by atoms with E-state index in [4.69, 9.17) is 0 Å². The van der Waals surface area contributed by atoms with E-state index in [1.165, 1.54) is 4.90 Å². The maximum absolute atomic E-state index is 11.6. The van der Waals surface area contributed by atoms with E-state index in [1.54, 1.807) is 32.3 Å². The quantitative estimate of drug-likeness (QED) is 0.664. The molecule has 0 aliphatic heterocycles. The van der Waals surface area contributed by atoms with Crippen LogP contribution in [0.5, 0.6) is 0 Å². The first kappa shape index (κ1) is 10.4. The zero-order chi connectivity index (χ0) is 10.7. The van der Waals surface area contributed by atoms with Gasteiger partial charge < -0.3 is 4.90 Å². The number of hydrogen-bond acceptors (Lipinski definition) is 2. The number of amides is 1. The van der Waals surface area contributed by atoms with E-state index in [-0.39, 0.29) is 5.91 Å². The van der Waals surface area contributed by atoms with Crippen LogP contribution in [0.25, 0.3) is 0 Å². The van der Waals surface area contributed by atoms with Crippen LogP contribution in [0.2, 0.25) is 0 Å². The number of nitrogens with zero attached hydrogens (tertiary/aromatic N) is 1. The lowest BCUT2D eigenvalue weighted by molar-refractivity contribution is 0.0827. The molecule has 1 amide bonds. The molecule has 0 fully saturated rings. The van der Waals surface area contributed by atoms with Gasteiger partial charge in [0, 0.05) is 25.2 Å². The zero-order valence-corrected chi connectivity index (χ0v) is 8.57. The predicted octanol–water partition coefficient (Wildman–Crippen LogP) is 1.51. The number of hydrogen-bond donors (Lipinski definition) is 0. The van der Waals surface area contributed by atoms with Crippen LogP contribution in [0, 0.1) is 6.92 Å². The smallest absolute Gasteiger partial charge is 0.253 e. The average molecular weight is 191 g/mol. The molecule has 0 radical (unpaired) electrons. The molecule has 0 aliphatic rings. The van der Waals surface area contributed by atoms with Gasteiger partial charge >= 0.3 is 0 Å². The van der Waals surface area contributed by atoms with E-state index >= 15 is 0 Å². The monoisotopic (exact) mass is 191 g/mol. The molecule has 0 saturated heterocycles. The van der Waals surface area contributed by atoms with Crippen LogP contribution >= 0.6 is 0 Å². The highest BCUT2D eigenvalue weighted by atomic mass is 16.2. The third-order valence-corrected chi connectivity index (χ3v) is 2.03. The topological polar surface area (TPSA) is 37.4 Å². The molecule has 74 valence electrons. The molecule has 3 nitrogen and oxygen atoms in total. The lowest BCUT2D eigenvalue weighted by atomic mass is 10.0. The minimum Gasteiger partial charge on any atom is -0.345 e. The summed E-state index contributed by atoms with van der Waals surface area (Å²) in [7, 11) is 3.38. The second-order valence-electron chi connectivity index (χ2n) is 3.39. The number of aldehydes is 1. The second-order valence-corrected chi connectivity index (χ2v) is 3.39. The van der Waals surface area contributed by atoms with Crippen molar-refractivity contribution in [1.82, 2.24) is 4.90 Å². The average Bonchev–Trinajstić information content (AvgIpc) is 2.17. The SMILES string of the molecule is Cc1ccc(C=O)cc1C(=O)N(C)C. The summed E-state index contributed by atoms with van der Waals surface area (Å²) in [6, 6.07) is 5.10. The Morgan fingerprint density at radius 3 is 2.50 bits per heavy atom. The van der Waals surface area contributed by atoms with Crippen LogP contribution < -0.4 is 0 Å². The Kier molecular flexibility index (Phi) is 3.02. The van der Waals surface area contributed by atoms with E-state index < -0.39 is 0 Å². The van der Waals surface area contributed by atoms with Gasteiger partial charge in [0.1, 0.15) is 6.29 Å². The molecule has 0 saturated carbocycles. The van der Waals surface area contributed by atoms with Gasteiger partial charge in [0.2, 0.25) is 0 Å². The maximum atomic E-state index is 11.6. The van der Waals surface area contributed by atoms with E-state index in [0.29, 0.717) is 11.1 Å². The van der Waals surface area contributed by atoms with Crippen LogP contribution in [0.3, 0.4) is 0 Å². The van der Waals surface area contributed by atoms with E-state index in [9.17, 15) is 9.59 Å². The zero-order valence-electron chi connectivity index (χ0n) is 8.57. The first-order valence-corrected chi connectivity index (χ1v) is 4.33. The van der Waals surface area contributed by atoms with Crippen molar-refractivity contribution in [2.24, 2.45) is 0 Å². The molecule has 14 heavy (non-hydrogen) atoms. The second kappa shape index (κ2) is 4.05. The fourth-order valence-electron chi connectivity index (χ4n) is 1.18. The molecule has 0 unspecified atom stereocenters. The molecular weight excluding hydrogens is 178 g/mol. The van der Waals surface area contributed by atoms with Crippen molar-refractivity contribution >= 4 is 12.2 Å². The third kappa shape index (κ3) is 1.99. The summed E-state index contributed by atoms with van der Waals surface area (Å²) in [5.74, 6) is -0.0776. The molecule has 0 aromatic heterocycles. The normalized spacial score (nSPS) is 9.64. The minimum absolute atomic E-state index is 0.0776. The van der Waals surface area contributed by atoms with Crippen molar-refractivity contribution in [3.63, 3.8) is 0 Å². The number of benzene rings is 1. The van der Waals surface area contributed by atoms with Gasteiger partial charge in [-0.2, -0.15) is 0 Å². The van der Waals surface area contributed by atoms with Crippen molar-refractivity contribution in [1.29, 1.82) is 0 Å². The molecular formula is C11H13NO2. The van der Waals surface area contributed by atoms with Gasteiger partial charge in [-0.05, 0) is 18.6 Å². The maximum Gasteiger partial charge on any atom is 0.253 e. The van der Waals surface area contributed by atoms with Crippen LogP contribution in [0.1, 0.15) is 26.3 Å². The molecule has 0 atom stereocenters. The third-order valence-electron chi connectivity index (χ3n) is 2.03. The van der Waals surface area contributed by atoms with Crippen LogP contribution in [-0.2, 0) is 0 Å². The van der Waals surface area contributed by atoms with Crippen molar-refractivity contribution in [3.8, 4) is 0 Å². The Balaban J connectivity index is 3.18. The number of rotatable bonds is 2. The fraction of sp³-hybridized carbons (Fsp3) is 0.273. The lowest BCUT2D eigenvalue weighted by Crippen LogP contribution is -2.22. The highest BCUT2D eigenvalue weighted by molar-refractivity contribution is 5.96. The summed E-state index contributed by atoms with van der Waals surface area (Å²) < 4.78 is 0. The first-order valence-electron chi connectivity index (χ1n) is 4.33. The summed E-state index contributed by atoms with van der Waals surface area (Å²) in [6.45, 7) is 1.85. The number of carbonyl (C=O) groups excluding carboxylic acids is 2. The summed E-state index contributed by atoms with van der Waals surface area (Å²) in [6.07, 6.45) is 0.742. The minimum atomic E-state index is -0.0776. The van der Waals surface area contributed by atoms with E-state index in [0.717, 1.165) is 11.8 Å². The van der Waals surface area contributed by atoms with Gasteiger partial charge in [-0.15, -0.1) is 0 Å². The lowest BCUT2D eigenvalue weighted by Gasteiger charge is -2.12. The number of aryl methyl sites for hydroxylation is 1. The number of carbonyl (C=O) groups is 2. The summed E-state index contributed by atoms with van der Waals surface area (Å²) in [5, 5.41) is 0. The van der Waals surface area contributed by atoms with Crippen LogP contribution in [0.4, 0.5) is 0 Å². The molecule has 0 heterocycles. The van der Waals surface area contributed by atoms with Gasteiger partial charge in [0.25, 0.3) is 5.91 Å². The summed E-state index contributed by atoms with van der Waals surface area (Å²) in [5.41, 5.74) is 2.00. The Bertz CT molecular complexity index is 370. The highest BCUT2D eigenvalue weighted by Crippen LogP contribution is 2.11. The van der Waals surface area contributed by atoms with E-state index in [2.05, 4.69) is 0 Å². The Labute approximate surface area is 83.3 Å². The van der Waals surface area contributed by atoms with Gasteiger partial charge in [-0.3, -0.25) is 9.59 Å². The van der Waals surface area contributed by atoms with Crippen molar-refractivity contribution in [2.75, 3.05) is 14.1 Å². The summed E-state index contributed by atoms with van der Waals surface area (Å²) in [4.78, 5) is 23.7. The van der Waals surface area contributed by atoms with Crippen LogP contribution in [0.15, 0.2) is 18.2 Å². The first-order chi connectivity index (χ1) is 6.56. The molecule has 0 N–H and O–H groups in total. The van der Waals surface area contributed by atoms with Gasteiger partial charge in [0.15, 0.2) is 0 Å². The van der Waals surface area contributed by atoms with Crippen LogP contribution in [-0.4, -0.2) is 31.2 Å². The Morgan fingerprint density at radius 2 is 2.00 bits per heavy atom. The predicted molar refractivity (Wildman–Crippen MR) is 54.6 cm³/mol. The molecule has 0 spiro atoms. The van der Waals surface area contributed by atoms with Gasteiger partial charge in [0.05, 0.1) is 0 Å². The van der Waals surface area contributed by atoms with E-state index in [1.807, 2.05) is 6.92 Å². The van der Waals surface area contributed by atoms with Gasteiger partial charge in [-0.25, -0.2) is 0 Å². The molecule has 1 aromatic rings. The van der Waals surface area contributed by atoms with Crippen molar-refractivity contribution in [2.45, 2.75) is 6.92 Å².